The van der Waals surface area contributed by atoms with Gasteiger partial charge in [0.1, 0.15) is 5.52 Å². The number of nitrogen functional groups attached to an aromatic ring is 1. The van der Waals surface area contributed by atoms with Gasteiger partial charge in [0.2, 0.25) is 0 Å². The fourth-order valence-electron chi connectivity index (χ4n) is 1.77. The number of pyridine rings is 1. The molecule has 17 heavy (non-hydrogen) atoms. The van der Waals surface area contributed by atoms with E-state index in [1.807, 2.05) is 0 Å². The van der Waals surface area contributed by atoms with Crippen LogP contribution in [0.15, 0.2) is 42.7 Å². The largest absolute Gasteiger partial charge is 0.426 e. The van der Waals surface area contributed by atoms with Gasteiger partial charge < -0.3 is 10.9 Å². The molecule has 0 bridgehead atoms. The van der Waals surface area contributed by atoms with Gasteiger partial charge in [0.15, 0.2) is 5.82 Å². The summed E-state index contributed by atoms with van der Waals surface area (Å²) >= 11 is 0. The van der Waals surface area contributed by atoms with Crippen LogP contribution in [0.3, 0.4) is 0 Å². The molecule has 0 aliphatic rings. The maximum atomic E-state index is 10.0. The molecule has 2 heterocycles. The third-order valence-electron chi connectivity index (χ3n) is 2.59. The van der Waals surface area contributed by atoms with Gasteiger partial charge in [-0.15, -0.1) is 0 Å². The van der Waals surface area contributed by atoms with Crippen LogP contribution in [-0.4, -0.2) is 19.9 Å². The van der Waals surface area contributed by atoms with Gasteiger partial charge in [-0.25, -0.2) is 4.98 Å². The van der Waals surface area contributed by atoms with E-state index in [0.717, 1.165) is 10.3 Å². The fraction of sp³-hybridized carbons (Fsp3) is 0. The Bertz CT molecular complexity index is 676. The van der Waals surface area contributed by atoms with E-state index < -0.39 is 0 Å². The van der Waals surface area contributed by atoms with E-state index in [2.05, 4.69) is 9.97 Å². The number of nitrogens with zero attached hydrogens (tertiary/aromatic N) is 3. The zero-order valence-electron chi connectivity index (χ0n) is 8.91. The van der Waals surface area contributed by atoms with Gasteiger partial charge in [-0.2, -0.15) is 4.73 Å². The van der Waals surface area contributed by atoms with Crippen LogP contribution in [0.5, 0.6) is 0 Å². The number of fused-ring (bicyclic) bond motifs is 1. The molecule has 0 fully saturated rings. The van der Waals surface area contributed by atoms with Crippen molar-refractivity contribution < 1.29 is 5.21 Å². The summed E-state index contributed by atoms with van der Waals surface area (Å²) in [4.78, 5) is 8.28. The van der Waals surface area contributed by atoms with Gasteiger partial charge in [0.05, 0.1) is 5.52 Å². The molecule has 0 atom stereocenters. The molecule has 0 spiro atoms. The Labute approximate surface area is 97.1 Å². The average molecular weight is 226 g/mol. The lowest BCUT2D eigenvalue weighted by Gasteiger charge is -2.00. The maximum absolute atomic E-state index is 10.0. The second-order valence-electron chi connectivity index (χ2n) is 3.73. The summed E-state index contributed by atoms with van der Waals surface area (Å²) in [7, 11) is 0. The molecule has 3 rings (SSSR count). The second kappa shape index (κ2) is 3.48. The van der Waals surface area contributed by atoms with Crippen molar-refractivity contribution in [1.82, 2.24) is 14.7 Å². The Hall–Kier alpha value is -2.56. The lowest BCUT2D eigenvalue weighted by atomic mass is 10.2. The highest BCUT2D eigenvalue weighted by Crippen LogP contribution is 2.24. The van der Waals surface area contributed by atoms with Gasteiger partial charge in [0.25, 0.3) is 0 Å². The molecule has 0 radical (unpaired) electrons. The van der Waals surface area contributed by atoms with Crippen LogP contribution in [0.1, 0.15) is 0 Å². The molecule has 5 nitrogen and oxygen atoms in total. The number of imidazole rings is 1. The van der Waals surface area contributed by atoms with E-state index in [1.165, 1.54) is 0 Å². The van der Waals surface area contributed by atoms with Gasteiger partial charge in [-0.3, -0.25) is 4.98 Å². The first-order valence-corrected chi connectivity index (χ1v) is 5.13. The first-order chi connectivity index (χ1) is 8.25. The van der Waals surface area contributed by atoms with Crippen LogP contribution in [0.4, 0.5) is 5.69 Å². The predicted octanol–water partition coefficient (Wildman–Crippen LogP) is 1.92. The van der Waals surface area contributed by atoms with Gasteiger partial charge in [0, 0.05) is 23.6 Å². The van der Waals surface area contributed by atoms with Crippen LogP contribution in [0.25, 0.3) is 22.4 Å². The van der Waals surface area contributed by atoms with Crippen LogP contribution in [0, 0.1) is 0 Å². The van der Waals surface area contributed by atoms with E-state index in [1.54, 1.807) is 42.7 Å². The maximum Gasteiger partial charge on any atom is 0.176 e. The number of anilines is 1. The van der Waals surface area contributed by atoms with Crippen LogP contribution < -0.4 is 5.73 Å². The minimum absolute atomic E-state index is 0.480. The van der Waals surface area contributed by atoms with E-state index in [4.69, 9.17) is 5.73 Å². The minimum atomic E-state index is 0.480. The van der Waals surface area contributed by atoms with Crippen molar-refractivity contribution >= 4 is 16.7 Å². The van der Waals surface area contributed by atoms with Crippen molar-refractivity contribution in [2.75, 3.05) is 5.73 Å². The predicted molar refractivity (Wildman–Crippen MR) is 64.6 cm³/mol. The quantitative estimate of drug-likeness (QED) is 0.491. The van der Waals surface area contributed by atoms with E-state index in [0.29, 0.717) is 22.5 Å². The standard InChI is InChI=1S/C12H10N4O/c13-9-1-2-10-11(7-9)16(17)12(15-10)8-3-5-14-6-4-8/h1-7,17H,13H2. The van der Waals surface area contributed by atoms with Crippen molar-refractivity contribution in [3.63, 3.8) is 0 Å². The van der Waals surface area contributed by atoms with Gasteiger partial charge in [-0.1, -0.05) is 0 Å². The van der Waals surface area contributed by atoms with Gasteiger partial charge >= 0.3 is 0 Å². The smallest absolute Gasteiger partial charge is 0.176 e. The monoisotopic (exact) mass is 226 g/mol. The Kier molecular flexibility index (Phi) is 1.98. The first-order valence-electron chi connectivity index (χ1n) is 5.13. The third kappa shape index (κ3) is 1.48. The number of aromatic nitrogens is 3. The topological polar surface area (TPSA) is 77.0 Å². The molecule has 0 unspecified atom stereocenters. The molecule has 3 aromatic rings. The summed E-state index contributed by atoms with van der Waals surface area (Å²) in [6, 6.07) is 8.80. The second-order valence-corrected chi connectivity index (χ2v) is 3.73. The molecule has 84 valence electrons. The van der Waals surface area contributed by atoms with Gasteiger partial charge in [-0.05, 0) is 30.3 Å². The summed E-state index contributed by atoms with van der Waals surface area (Å²) < 4.78 is 1.04. The number of rotatable bonds is 1. The van der Waals surface area contributed by atoms with Crippen molar-refractivity contribution in [2.45, 2.75) is 0 Å². The molecule has 3 N–H and O–H groups in total. The lowest BCUT2D eigenvalue weighted by Crippen LogP contribution is -1.94. The Morgan fingerprint density at radius 2 is 1.88 bits per heavy atom. The highest BCUT2D eigenvalue weighted by atomic mass is 16.5. The van der Waals surface area contributed by atoms with Crippen molar-refractivity contribution in [3.05, 3.63) is 42.7 Å². The molecule has 0 saturated carbocycles. The Morgan fingerprint density at radius 3 is 2.65 bits per heavy atom. The summed E-state index contributed by atoms with van der Waals surface area (Å²) in [5.41, 5.74) is 8.37. The van der Waals surface area contributed by atoms with Crippen molar-refractivity contribution in [3.8, 4) is 11.4 Å². The molecule has 1 aromatic carbocycles. The molecular formula is C12H10N4O. The van der Waals surface area contributed by atoms with Crippen LogP contribution in [0.2, 0.25) is 0 Å². The molecule has 0 amide bonds. The van der Waals surface area contributed by atoms with Crippen molar-refractivity contribution in [2.24, 2.45) is 0 Å². The molecule has 5 heteroatoms. The summed E-state index contributed by atoms with van der Waals surface area (Å²) in [5, 5.41) is 10.0. The highest BCUT2D eigenvalue weighted by molar-refractivity contribution is 5.82. The zero-order valence-corrected chi connectivity index (χ0v) is 8.91. The zero-order chi connectivity index (χ0) is 11.8. The third-order valence-corrected chi connectivity index (χ3v) is 2.59. The van der Waals surface area contributed by atoms with Crippen molar-refractivity contribution in [1.29, 1.82) is 0 Å². The fourth-order valence-corrected chi connectivity index (χ4v) is 1.77. The van der Waals surface area contributed by atoms with Crippen LogP contribution in [-0.2, 0) is 0 Å². The van der Waals surface area contributed by atoms with E-state index in [-0.39, 0.29) is 0 Å². The Balaban J connectivity index is 2.28. The molecular weight excluding hydrogens is 216 g/mol. The number of benzene rings is 1. The highest BCUT2D eigenvalue weighted by Gasteiger charge is 2.11. The number of hydrogen-bond donors (Lipinski definition) is 2. The lowest BCUT2D eigenvalue weighted by molar-refractivity contribution is 0.203. The summed E-state index contributed by atoms with van der Waals surface area (Å²) in [6.45, 7) is 0. The van der Waals surface area contributed by atoms with E-state index >= 15 is 0 Å². The SMILES string of the molecule is Nc1ccc2nc(-c3ccncc3)n(O)c2c1. The summed E-state index contributed by atoms with van der Waals surface area (Å²) in [6.07, 6.45) is 3.31. The molecule has 0 aliphatic heterocycles. The normalized spacial score (nSPS) is 10.8. The minimum Gasteiger partial charge on any atom is -0.426 e. The number of nitrogens with two attached hydrogens (primary N) is 1. The number of hydrogen-bond acceptors (Lipinski definition) is 4. The molecule has 0 saturated heterocycles. The first kappa shape index (κ1) is 9.65. The molecule has 2 aromatic heterocycles. The molecule has 0 aliphatic carbocycles. The summed E-state index contributed by atoms with van der Waals surface area (Å²) in [5.74, 6) is 0.480. The van der Waals surface area contributed by atoms with E-state index in [9.17, 15) is 5.21 Å². The Morgan fingerprint density at radius 1 is 1.12 bits per heavy atom. The average Bonchev–Trinajstić information content (AvgIpc) is 2.68. The van der Waals surface area contributed by atoms with Crippen LogP contribution >= 0.6 is 0 Å².